The third-order valence-corrected chi connectivity index (χ3v) is 3.60. The lowest BCUT2D eigenvalue weighted by atomic mass is 10.1. The number of aromatic nitrogens is 1. The van der Waals surface area contributed by atoms with Crippen molar-refractivity contribution >= 4 is 5.97 Å². The van der Waals surface area contributed by atoms with E-state index in [2.05, 4.69) is 4.57 Å². The SMILES string of the molecule is COc1cccc(-n2c(C)cc(CC(N)C(=O)O)c2C)c1. The number of carboxylic acids is 1. The number of hydrogen-bond acceptors (Lipinski definition) is 3. The summed E-state index contributed by atoms with van der Waals surface area (Å²) in [5.41, 5.74) is 9.60. The van der Waals surface area contributed by atoms with E-state index in [-0.39, 0.29) is 0 Å². The van der Waals surface area contributed by atoms with E-state index < -0.39 is 12.0 Å². The molecule has 0 aliphatic carbocycles. The number of aliphatic carboxylic acids is 1. The predicted octanol–water partition coefficient (Wildman–Crippen LogP) is 2.06. The van der Waals surface area contributed by atoms with Gasteiger partial charge >= 0.3 is 5.97 Å². The van der Waals surface area contributed by atoms with Crippen molar-refractivity contribution in [1.82, 2.24) is 4.57 Å². The number of methoxy groups -OCH3 is 1. The van der Waals surface area contributed by atoms with E-state index in [1.54, 1.807) is 7.11 Å². The smallest absolute Gasteiger partial charge is 0.320 e. The van der Waals surface area contributed by atoms with Gasteiger partial charge in [0.05, 0.1) is 7.11 Å². The Morgan fingerprint density at radius 3 is 2.71 bits per heavy atom. The number of ether oxygens (including phenoxy) is 1. The molecule has 0 amide bonds. The van der Waals surface area contributed by atoms with Crippen LogP contribution in [0.2, 0.25) is 0 Å². The standard InChI is InChI=1S/C16H20N2O3/c1-10-7-12(8-15(17)16(19)20)11(2)18(10)13-5-4-6-14(9-13)21-3/h4-7,9,15H,8,17H2,1-3H3,(H,19,20). The van der Waals surface area contributed by atoms with Gasteiger partial charge in [-0.25, -0.2) is 0 Å². The minimum absolute atomic E-state index is 0.318. The second-order valence-corrected chi connectivity index (χ2v) is 5.08. The van der Waals surface area contributed by atoms with Gasteiger partial charge in [-0.15, -0.1) is 0 Å². The fourth-order valence-corrected chi connectivity index (χ4v) is 2.51. The van der Waals surface area contributed by atoms with Gasteiger partial charge in [-0.1, -0.05) is 6.07 Å². The van der Waals surface area contributed by atoms with E-state index in [1.807, 2.05) is 44.2 Å². The van der Waals surface area contributed by atoms with E-state index in [0.29, 0.717) is 6.42 Å². The maximum absolute atomic E-state index is 10.9. The number of benzene rings is 1. The van der Waals surface area contributed by atoms with Crippen molar-refractivity contribution in [2.45, 2.75) is 26.3 Å². The zero-order valence-electron chi connectivity index (χ0n) is 12.5. The predicted molar refractivity (Wildman–Crippen MR) is 81.1 cm³/mol. The molecule has 21 heavy (non-hydrogen) atoms. The van der Waals surface area contributed by atoms with Crippen molar-refractivity contribution in [3.63, 3.8) is 0 Å². The first kappa shape index (κ1) is 15.1. The van der Waals surface area contributed by atoms with E-state index in [4.69, 9.17) is 15.6 Å². The topological polar surface area (TPSA) is 77.5 Å². The number of nitrogens with two attached hydrogens (primary N) is 1. The minimum Gasteiger partial charge on any atom is -0.497 e. The molecule has 0 fully saturated rings. The number of aryl methyl sites for hydroxylation is 1. The number of carboxylic acid groups (broad SMARTS) is 1. The maximum Gasteiger partial charge on any atom is 0.320 e. The molecular weight excluding hydrogens is 268 g/mol. The van der Waals surface area contributed by atoms with Crippen LogP contribution in [-0.4, -0.2) is 28.8 Å². The molecule has 0 saturated carbocycles. The third kappa shape index (κ3) is 3.08. The second-order valence-electron chi connectivity index (χ2n) is 5.08. The Balaban J connectivity index is 2.41. The van der Waals surface area contributed by atoms with Crippen molar-refractivity contribution < 1.29 is 14.6 Å². The van der Waals surface area contributed by atoms with Crippen LogP contribution in [0.15, 0.2) is 30.3 Å². The van der Waals surface area contributed by atoms with Gasteiger partial charge in [-0.3, -0.25) is 4.79 Å². The van der Waals surface area contributed by atoms with E-state index in [0.717, 1.165) is 28.4 Å². The molecule has 0 saturated heterocycles. The highest BCUT2D eigenvalue weighted by atomic mass is 16.5. The Morgan fingerprint density at radius 2 is 2.10 bits per heavy atom. The largest absolute Gasteiger partial charge is 0.497 e. The molecular formula is C16H20N2O3. The van der Waals surface area contributed by atoms with E-state index >= 15 is 0 Å². The molecule has 0 bridgehead atoms. The summed E-state index contributed by atoms with van der Waals surface area (Å²) >= 11 is 0. The first-order chi connectivity index (χ1) is 9.93. The molecule has 3 N–H and O–H groups in total. The van der Waals surface area contributed by atoms with Crippen molar-refractivity contribution in [2.24, 2.45) is 5.73 Å². The highest BCUT2D eigenvalue weighted by Gasteiger charge is 2.17. The molecule has 0 aliphatic rings. The van der Waals surface area contributed by atoms with Gasteiger partial charge in [0.2, 0.25) is 0 Å². The lowest BCUT2D eigenvalue weighted by Crippen LogP contribution is -2.32. The number of hydrogen-bond donors (Lipinski definition) is 2. The van der Waals surface area contributed by atoms with Crippen molar-refractivity contribution in [3.8, 4) is 11.4 Å². The Labute approximate surface area is 124 Å². The minimum atomic E-state index is -0.985. The first-order valence-electron chi connectivity index (χ1n) is 6.74. The molecule has 2 rings (SSSR count). The maximum atomic E-state index is 10.9. The molecule has 0 spiro atoms. The Morgan fingerprint density at radius 1 is 1.38 bits per heavy atom. The van der Waals surface area contributed by atoms with Crippen LogP contribution < -0.4 is 10.5 Å². The van der Waals surface area contributed by atoms with Crippen LogP contribution in [0.5, 0.6) is 5.75 Å². The van der Waals surface area contributed by atoms with Gasteiger partial charge in [-0.05, 0) is 37.6 Å². The molecule has 1 aromatic heterocycles. The fraction of sp³-hybridized carbons (Fsp3) is 0.312. The van der Waals surface area contributed by atoms with Crippen LogP contribution in [-0.2, 0) is 11.2 Å². The van der Waals surface area contributed by atoms with E-state index in [9.17, 15) is 4.79 Å². The van der Waals surface area contributed by atoms with Gasteiger partial charge in [0.1, 0.15) is 11.8 Å². The van der Waals surface area contributed by atoms with Crippen LogP contribution >= 0.6 is 0 Å². The summed E-state index contributed by atoms with van der Waals surface area (Å²) in [6.45, 7) is 3.96. The van der Waals surface area contributed by atoms with Crippen molar-refractivity contribution in [2.75, 3.05) is 7.11 Å². The van der Waals surface area contributed by atoms with Crippen LogP contribution in [0.25, 0.3) is 5.69 Å². The normalized spacial score (nSPS) is 12.2. The molecule has 1 atom stereocenters. The fourth-order valence-electron chi connectivity index (χ4n) is 2.51. The molecule has 5 nitrogen and oxygen atoms in total. The van der Waals surface area contributed by atoms with Gasteiger partial charge in [0.25, 0.3) is 0 Å². The Bertz CT molecular complexity index is 662. The average molecular weight is 288 g/mol. The summed E-state index contributed by atoms with van der Waals surface area (Å²) in [7, 11) is 1.63. The molecule has 2 aromatic rings. The number of nitrogens with zero attached hydrogens (tertiary/aromatic N) is 1. The zero-order chi connectivity index (χ0) is 15.6. The van der Waals surface area contributed by atoms with Gasteiger partial charge in [0.15, 0.2) is 0 Å². The summed E-state index contributed by atoms with van der Waals surface area (Å²) < 4.78 is 7.32. The zero-order valence-corrected chi connectivity index (χ0v) is 12.5. The van der Waals surface area contributed by atoms with Crippen LogP contribution in [0.4, 0.5) is 0 Å². The Kier molecular flexibility index (Phi) is 4.33. The average Bonchev–Trinajstić information content (AvgIpc) is 2.73. The van der Waals surface area contributed by atoms with Crippen molar-refractivity contribution in [3.05, 3.63) is 47.3 Å². The lowest BCUT2D eigenvalue weighted by Gasteiger charge is -2.12. The molecule has 1 aromatic carbocycles. The molecule has 0 radical (unpaired) electrons. The number of rotatable bonds is 5. The summed E-state index contributed by atoms with van der Waals surface area (Å²) in [5.74, 6) is -0.204. The summed E-state index contributed by atoms with van der Waals surface area (Å²) in [6, 6.07) is 8.85. The lowest BCUT2D eigenvalue weighted by molar-refractivity contribution is -0.138. The highest BCUT2D eigenvalue weighted by molar-refractivity contribution is 5.73. The molecule has 5 heteroatoms. The van der Waals surface area contributed by atoms with Crippen LogP contribution in [0.3, 0.4) is 0 Å². The number of carbonyl (C=O) groups is 1. The van der Waals surface area contributed by atoms with Crippen LogP contribution in [0, 0.1) is 13.8 Å². The molecule has 0 aliphatic heterocycles. The Hall–Kier alpha value is -2.27. The quantitative estimate of drug-likeness (QED) is 0.882. The molecule has 112 valence electrons. The van der Waals surface area contributed by atoms with E-state index in [1.165, 1.54) is 0 Å². The molecule has 1 unspecified atom stereocenters. The summed E-state index contributed by atoms with van der Waals surface area (Å²) in [4.78, 5) is 10.9. The summed E-state index contributed by atoms with van der Waals surface area (Å²) in [6.07, 6.45) is 0.318. The van der Waals surface area contributed by atoms with Gasteiger partial charge in [-0.2, -0.15) is 0 Å². The monoisotopic (exact) mass is 288 g/mol. The van der Waals surface area contributed by atoms with Gasteiger partial charge < -0.3 is 20.1 Å². The third-order valence-electron chi connectivity index (χ3n) is 3.60. The highest BCUT2D eigenvalue weighted by Crippen LogP contribution is 2.24. The second kappa shape index (κ2) is 6.01. The van der Waals surface area contributed by atoms with Crippen molar-refractivity contribution in [1.29, 1.82) is 0 Å². The van der Waals surface area contributed by atoms with Gasteiger partial charge in [0, 0.05) is 29.6 Å². The van der Waals surface area contributed by atoms with Crippen LogP contribution in [0.1, 0.15) is 17.0 Å². The molecule has 1 heterocycles. The summed E-state index contributed by atoms with van der Waals surface area (Å²) in [5, 5.41) is 8.95. The first-order valence-corrected chi connectivity index (χ1v) is 6.74.